The van der Waals surface area contributed by atoms with E-state index >= 15 is 0 Å². The summed E-state index contributed by atoms with van der Waals surface area (Å²) in [5.74, 6) is -0.952. The molecular weight excluding hydrogens is 206 g/mol. The Labute approximate surface area is 95.7 Å². The number of amides is 2. The van der Waals surface area contributed by atoms with Crippen LogP contribution in [0.2, 0.25) is 0 Å². The Bertz CT molecular complexity index is 269. The van der Waals surface area contributed by atoms with Crippen LogP contribution in [0.1, 0.15) is 45.4 Å². The second kappa shape index (κ2) is 6.98. The Morgan fingerprint density at radius 1 is 0.938 bits per heavy atom. The van der Waals surface area contributed by atoms with E-state index in [-0.39, 0.29) is 0 Å². The van der Waals surface area contributed by atoms with Crippen molar-refractivity contribution in [1.29, 1.82) is 0 Å². The number of hydrogen-bond donors (Lipinski definition) is 2. The van der Waals surface area contributed by atoms with Crippen LogP contribution >= 0.6 is 0 Å². The van der Waals surface area contributed by atoms with Crippen molar-refractivity contribution in [3.63, 3.8) is 0 Å². The van der Waals surface area contributed by atoms with Gasteiger partial charge in [-0.1, -0.05) is 39.0 Å². The molecule has 5 nitrogen and oxygen atoms in total. The Morgan fingerprint density at radius 2 is 1.50 bits per heavy atom. The van der Waals surface area contributed by atoms with Gasteiger partial charge in [-0.15, -0.1) is 0 Å². The van der Waals surface area contributed by atoms with E-state index in [4.69, 9.17) is 0 Å². The number of nitrogens with one attached hydrogen (secondary N) is 2. The minimum Gasteiger partial charge on any atom is -0.288 e. The monoisotopic (exact) mass is 225 g/mol. The van der Waals surface area contributed by atoms with Crippen LogP contribution in [-0.4, -0.2) is 24.3 Å². The van der Waals surface area contributed by atoms with Crippen molar-refractivity contribution in [2.45, 2.75) is 45.4 Å². The lowest BCUT2D eigenvalue weighted by atomic mass is 10.1. The second-order valence-electron chi connectivity index (χ2n) is 3.91. The number of hydrogen-bond acceptors (Lipinski definition) is 3. The lowest BCUT2D eigenvalue weighted by molar-refractivity contribution is -0.135. The molecule has 0 aliphatic carbocycles. The molecule has 0 radical (unpaired) electrons. The van der Waals surface area contributed by atoms with E-state index in [1.54, 1.807) is 0 Å². The standard InChI is InChI=1S/C11H19N3O2/c1-2-3-4-5-6-7-8-12-11-13-9(15)10(16)14-11/h2-8H2,1H3,(H2,12,13,14,15,16). The van der Waals surface area contributed by atoms with Gasteiger partial charge in [-0.2, -0.15) is 0 Å². The van der Waals surface area contributed by atoms with Crippen molar-refractivity contribution >= 4 is 17.8 Å². The average Bonchev–Trinajstić information content (AvgIpc) is 2.57. The van der Waals surface area contributed by atoms with Crippen LogP contribution in [0.3, 0.4) is 0 Å². The quantitative estimate of drug-likeness (QED) is 0.500. The Kier molecular flexibility index (Phi) is 5.53. The van der Waals surface area contributed by atoms with Gasteiger partial charge in [0, 0.05) is 6.54 Å². The zero-order valence-electron chi connectivity index (χ0n) is 9.71. The summed E-state index contributed by atoms with van der Waals surface area (Å²) in [6, 6.07) is 0. The molecule has 90 valence electrons. The minimum atomic E-state index is -0.623. The lowest BCUT2D eigenvalue weighted by Gasteiger charge is -1.99. The first-order valence-electron chi connectivity index (χ1n) is 5.91. The average molecular weight is 225 g/mol. The molecule has 1 aliphatic heterocycles. The molecule has 0 aromatic heterocycles. The molecule has 1 aliphatic rings. The third kappa shape index (κ3) is 4.42. The first-order valence-corrected chi connectivity index (χ1v) is 5.91. The number of carbonyl (C=O) groups is 2. The van der Waals surface area contributed by atoms with Crippen LogP contribution in [0.25, 0.3) is 0 Å². The van der Waals surface area contributed by atoms with E-state index in [0.717, 1.165) is 12.8 Å². The van der Waals surface area contributed by atoms with Crippen LogP contribution in [0.5, 0.6) is 0 Å². The number of rotatable bonds is 7. The lowest BCUT2D eigenvalue weighted by Crippen LogP contribution is -2.25. The summed E-state index contributed by atoms with van der Waals surface area (Å²) < 4.78 is 0. The highest BCUT2D eigenvalue weighted by molar-refractivity contribution is 6.45. The number of aliphatic imine (C=N–C) groups is 1. The molecule has 0 atom stereocenters. The molecule has 1 rings (SSSR count). The predicted octanol–water partition coefficient (Wildman–Crippen LogP) is 0.949. The van der Waals surface area contributed by atoms with Gasteiger partial charge in [-0.3, -0.25) is 25.2 Å². The van der Waals surface area contributed by atoms with Gasteiger partial charge in [-0.25, -0.2) is 0 Å². The molecule has 0 saturated carbocycles. The maximum absolute atomic E-state index is 10.8. The fraction of sp³-hybridized carbons (Fsp3) is 0.727. The fourth-order valence-corrected chi connectivity index (χ4v) is 1.52. The molecule has 1 fully saturated rings. The molecule has 0 aromatic carbocycles. The molecule has 0 unspecified atom stereocenters. The van der Waals surface area contributed by atoms with Gasteiger partial charge in [-0.05, 0) is 6.42 Å². The zero-order valence-corrected chi connectivity index (χ0v) is 9.71. The van der Waals surface area contributed by atoms with Crippen LogP contribution in [0.4, 0.5) is 0 Å². The molecule has 1 heterocycles. The van der Waals surface area contributed by atoms with Gasteiger partial charge >= 0.3 is 11.8 Å². The Morgan fingerprint density at radius 3 is 2.12 bits per heavy atom. The first kappa shape index (κ1) is 12.7. The maximum Gasteiger partial charge on any atom is 0.316 e. The zero-order chi connectivity index (χ0) is 11.8. The maximum atomic E-state index is 10.8. The SMILES string of the molecule is CCCCCCCCN=C1NC(=O)C(=O)N1. The van der Waals surface area contributed by atoms with Crippen LogP contribution in [0, 0.1) is 0 Å². The smallest absolute Gasteiger partial charge is 0.288 e. The fourth-order valence-electron chi connectivity index (χ4n) is 1.52. The normalized spacial score (nSPS) is 14.9. The van der Waals surface area contributed by atoms with Crippen LogP contribution in [-0.2, 0) is 9.59 Å². The van der Waals surface area contributed by atoms with Crippen molar-refractivity contribution < 1.29 is 9.59 Å². The summed E-state index contributed by atoms with van der Waals surface area (Å²) >= 11 is 0. The van der Waals surface area contributed by atoms with Crippen LogP contribution < -0.4 is 10.6 Å². The van der Waals surface area contributed by atoms with Gasteiger partial charge in [0.1, 0.15) is 0 Å². The summed E-state index contributed by atoms with van der Waals surface area (Å²) in [6.07, 6.45) is 7.20. The highest BCUT2D eigenvalue weighted by Crippen LogP contribution is 2.04. The highest BCUT2D eigenvalue weighted by Gasteiger charge is 2.24. The third-order valence-electron chi connectivity index (χ3n) is 2.45. The molecule has 0 aromatic rings. The van der Waals surface area contributed by atoms with Gasteiger partial charge in [0.2, 0.25) is 5.96 Å². The largest absolute Gasteiger partial charge is 0.316 e. The Hall–Kier alpha value is -1.39. The van der Waals surface area contributed by atoms with Gasteiger partial charge in [0.15, 0.2) is 0 Å². The van der Waals surface area contributed by atoms with E-state index in [9.17, 15) is 9.59 Å². The van der Waals surface area contributed by atoms with Crippen LogP contribution in [0.15, 0.2) is 4.99 Å². The number of carbonyl (C=O) groups excluding carboxylic acids is 2. The van der Waals surface area contributed by atoms with Crippen molar-refractivity contribution in [3.05, 3.63) is 0 Å². The predicted molar refractivity (Wildman–Crippen MR) is 62.0 cm³/mol. The number of unbranched alkanes of at least 4 members (excludes halogenated alkanes) is 5. The number of guanidine groups is 1. The van der Waals surface area contributed by atoms with Crippen molar-refractivity contribution in [1.82, 2.24) is 10.6 Å². The van der Waals surface area contributed by atoms with E-state index < -0.39 is 11.8 Å². The summed E-state index contributed by atoms with van der Waals surface area (Å²) in [6.45, 7) is 2.85. The van der Waals surface area contributed by atoms with E-state index in [1.807, 2.05) is 0 Å². The van der Waals surface area contributed by atoms with Crippen molar-refractivity contribution in [2.75, 3.05) is 6.54 Å². The van der Waals surface area contributed by atoms with Crippen molar-refractivity contribution in [2.24, 2.45) is 4.99 Å². The third-order valence-corrected chi connectivity index (χ3v) is 2.45. The molecule has 2 amide bonds. The topological polar surface area (TPSA) is 70.6 Å². The van der Waals surface area contributed by atoms with Gasteiger partial charge in [0.05, 0.1) is 0 Å². The highest BCUT2D eigenvalue weighted by atomic mass is 16.2. The molecule has 5 heteroatoms. The van der Waals surface area contributed by atoms with E-state index in [0.29, 0.717) is 12.5 Å². The number of nitrogens with zero attached hydrogens (tertiary/aromatic N) is 1. The summed E-state index contributed by atoms with van der Waals surface area (Å²) in [5.41, 5.74) is 0. The second-order valence-corrected chi connectivity index (χ2v) is 3.91. The Balaban J connectivity index is 2.04. The molecule has 0 spiro atoms. The summed E-state index contributed by atoms with van der Waals surface area (Å²) in [5, 5.41) is 4.73. The van der Waals surface area contributed by atoms with Gasteiger partial charge < -0.3 is 0 Å². The molecule has 2 N–H and O–H groups in total. The van der Waals surface area contributed by atoms with Gasteiger partial charge in [0.25, 0.3) is 0 Å². The van der Waals surface area contributed by atoms with Crippen molar-refractivity contribution in [3.8, 4) is 0 Å². The first-order chi connectivity index (χ1) is 7.74. The molecule has 16 heavy (non-hydrogen) atoms. The van der Waals surface area contributed by atoms with E-state index in [2.05, 4.69) is 22.5 Å². The minimum absolute atomic E-state index is 0.295. The molecule has 1 saturated heterocycles. The molecule has 0 bridgehead atoms. The molecular formula is C11H19N3O2. The summed E-state index contributed by atoms with van der Waals surface area (Å²) in [4.78, 5) is 25.7. The van der Waals surface area contributed by atoms with E-state index in [1.165, 1.54) is 25.7 Å². The summed E-state index contributed by atoms with van der Waals surface area (Å²) in [7, 11) is 0.